The van der Waals surface area contributed by atoms with Crippen LogP contribution in [0.15, 0.2) is 6.20 Å². The van der Waals surface area contributed by atoms with Gasteiger partial charge in [0, 0.05) is 12.6 Å². The number of nitro groups is 1. The average Bonchev–Trinajstić information content (AvgIpc) is 2.25. The maximum Gasteiger partial charge on any atom is 0.329 e. The first-order valence-corrected chi connectivity index (χ1v) is 5.56. The molecule has 0 amide bonds. The van der Waals surface area contributed by atoms with Gasteiger partial charge in [0.05, 0.1) is 4.92 Å². The van der Waals surface area contributed by atoms with E-state index in [9.17, 15) is 10.1 Å². The van der Waals surface area contributed by atoms with Gasteiger partial charge in [-0.1, -0.05) is 6.92 Å². The summed E-state index contributed by atoms with van der Waals surface area (Å²) in [5.41, 5.74) is -0.110. The molecule has 7 nitrogen and oxygen atoms in total. The van der Waals surface area contributed by atoms with E-state index in [4.69, 9.17) is 0 Å². The molecule has 0 unspecified atom stereocenters. The van der Waals surface area contributed by atoms with Crippen molar-refractivity contribution in [2.45, 2.75) is 33.2 Å². The third kappa shape index (κ3) is 3.86. The highest BCUT2D eigenvalue weighted by molar-refractivity contribution is 5.57. The van der Waals surface area contributed by atoms with Gasteiger partial charge in [-0.2, -0.15) is 4.98 Å². The lowest BCUT2D eigenvalue weighted by Gasteiger charge is -2.10. The van der Waals surface area contributed by atoms with Crippen LogP contribution >= 0.6 is 0 Å². The lowest BCUT2D eigenvalue weighted by molar-refractivity contribution is -0.384. The number of nitrogens with zero attached hydrogens (tertiary/aromatic N) is 3. The van der Waals surface area contributed by atoms with Crippen molar-refractivity contribution < 1.29 is 4.92 Å². The van der Waals surface area contributed by atoms with Gasteiger partial charge in [0.1, 0.15) is 6.20 Å². The van der Waals surface area contributed by atoms with Crippen molar-refractivity contribution in [3.8, 4) is 0 Å². The van der Waals surface area contributed by atoms with Crippen LogP contribution in [-0.2, 0) is 0 Å². The van der Waals surface area contributed by atoms with Crippen molar-refractivity contribution in [3.05, 3.63) is 16.3 Å². The summed E-state index contributed by atoms with van der Waals surface area (Å²) in [4.78, 5) is 18.3. The first-order valence-electron chi connectivity index (χ1n) is 5.56. The average molecular weight is 239 g/mol. The van der Waals surface area contributed by atoms with Gasteiger partial charge in [0.2, 0.25) is 11.8 Å². The number of aromatic nitrogens is 2. The van der Waals surface area contributed by atoms with E-state index in [0.717, 1.165) is 13.0 Å². The van der Waals surface area contributed by atoms with Crippen LogP contribution in [-0.4, -0.2) is 27.5 Å². The fourth-order valence-electron chi connectivity index (χ4n) is 1.21. The molecular formula is C10H17N5O2. The Morgan fingerprint density at radius 1 is 1.53 bits per heavy atom. The van der Waals surface area contributed by atoms with Gasteiger partial charge in [0.15, 0.2) is 0 Å². The van der Waals surface area contributed by atoms with Gasteiger partial charge in [-0.3, -0.25) is 10.1 Å². The zero-order valence-corrected chi connectivity index (χ0v) is 10.2. The summed E-state index contributed by atoms with van der Waals surface area (Å²) in [5, 5.41) is 16.7. The van der Waals surface area contributed by atoms with E-state index in [1.54, 1.807) is 0 Å². The molecule has 1 aromatic rings. The van der Waals surface area contributed by atoms with E-state index in [0.29, 0.717) is 5.95 Å². The van der Waals surface area contributed by atoms with Gasteiger partial charge in [-0.25, -0.2) is 4.98 Å². The van der Waals surface area contributed by atoms with E-state index in [1.807, 2.05) is 20.8 Å². The highest BCUT2D eigenvalue weighted by atomic mass is 16.6. The minimum Gasteiger partial charge on any atom is -0.362 e. The van der Waals surface area contributed by atoms with Gasteiger partial charge in [0.25, 0.3) is 0 Å². The minimum atomic E-state index is -0.492. The van der Waals surface area contributed by atoms with Crippen molar-refractivity contribution in [1.29, 1.82) is 0 Å². The van der Waals surface area contributed by atoms with Gasteiger partial charge < -0.3 is 10.6 Å². The number of hydrogen-bond donors (Lipinski definition) is 2. The Morgan fingerprint density at radius 2 is 2.24 bits per heavy atom. The Hall–Kier alpha value is -1.92. The predicted molar refractivity (Wildman–Crippen MR) is 66.2 cm³/mol. The zero-order chi connectivity index (χ0) is 12.8. The Morgan fingerprint density at radius 3 is 2.76 bits per heavy atom. The molecule has 1 aromatic heterocycles. The minimum absolute atomic E-state index is 0.0719. The van der Waals surface area contributed by atoms with Crippen molar-refractivity contribution >= 4 is 17.5 Å². The number of nitrogens with one attached hydrogen (secondary N) is 2. The molecular weight excluding hydrogens is 222 g/mol. The van der Waals surface area contributed by atoms with Crippen molar-refractivity contribution in [2.24, 2.45) is 0 Å². The van der Waals surface area contributed by atoms with E-state index in [-0.39, 0.29) is 17.5 Å². The largest absolute Gasteiger partial charge is 0.362 e. The lowest BCUT2D eigenvalue weighted by atomic mass is 10.3. The second-order valence-corrected chi connectivity index (χ2v) is 3.91. The molecule has 0 atom stereocenters. The summed E-state index contributed by atoms with van der Waals surface area (Å²) in [6, 6.07) is 0.0719. The van der Waals surface area contributed by atoms with E-state index < -0.39 is 4.92 Å². The van der Waals surface area contributed by atoms with E-state index >= 15 is 0 Å². The second kappa shape index (κ2) is 5.97. The number of anilines is 2. The van der Waals surface area contributed by atoms with E-state index in [1.165, 1.54) is 6.20 Å². The fourth-order valence-corrected chi connectivity index (χ4v) is 1.21. The lowest BCUT2D eigenvalue weighted by Crippen LogP contribution is -2.14. The highest BCUT2D eigenvalue weighted by Gasteiger charge is 2.17. The number of rotatable bonds is 6. The molecule has 0 fully saturated rings. The Kier molecular flexibility index (Phi) is 4.62. The smallest absolute Gasteiger partial charge is 0.329 e. The third-order valence-electron chi connectivity index (χ3n) is 1.92. The summed E-state index contributed by atoms with van der Waals surface area (Å²) < 4.78 is 0. The van der Waals surface area contributed by atoms with Crippen molar-refractivity contribution in [1.82, 2.24) is 9.97 Å². The topological polar surface area (TPSA) is 93.0 Å². The Labute approximate surface area is 99.8 Å². The standard InChI is InChI=1S/C10H17N5O2/c1-4-5-11-10-12-6-8(15(16)17)9(14-10)13-7(2)3/h6-7H,4-5H2,1-3H3,(H2,11,12,13,14). The Bertz CT molecular complexity index is 394. The fraction of sp³-hybridized carbons (Fsp3) is 0.600. The summed E-state index contributed by atoms with van der Waals surface area (Å²) in [6.45, 7) is 6.54. The van der Waals surface area contributed by atoms with Crippen LogP contribution in [0, 0.1) is 10.1 Å². The van der Waals surface area contributed by atoms with Gasteiger partial charge in [-0.15, -0.1) is 0 Å². The van der Waals surface area contributed by atoms with Crippen LogP contribution in [0.1, 0.15) is 27.2 Å². The molecule has 1 rings (SSSR count). The first-order chi connectivity index (χ1) is 8.04. The Balaban J connectivity index is 2.97. The van der Waals surface area contributed by atoms with Crippen LogP contribution < -0.4 is 10.6 Å². The van der Waals surface area contributed by atoms with Gasteiger partial charge in [-0.05, 0) is 20.3 Å². The van der Waals surface area contributed by atoms with Crippen LogP contribution in [0.25, 0.3) is 0 Å². The summed E-state index contributed by atoms with van der Waals surface area (Å²) >= 11 is 0. The highest BCUT2D eigenvalue weighted by Crippen LogP contribution is 2.22. The number of hydrogen-bond acceptors (Lipinski definition) is 6. The molecule has 17 heavy (non-hydrogen) atoms. The summed E-state index contributed by atoms with van der Waals surface area (Å²) in [7, 11) is 0. The molecule has 0 radical (unpaired) electrons. The van der Waals surface area contributed by atoms with Crippen LogP contribution in [0.2, 0.25) is 0 Å². The maximum absolute atomic E-state index is 10.8. The summed E-state index contributed by atoms with van der Waals surface area (Å²) in [6.07, 6.45) is 2.16. The molecule has 2 N–H and O–H groups in total. The quantitative estimate of drug-likeness (QED) is 0.582. The normalized spacial score (nSPS) is 10.4. The maximum atomic E-state index is 10.8. The molecule has 0 aliphatic carbocycles. The molecule has 0 saturated heterocycles. The summed E-state index contributed by atoms with van der Waals surface area (Å²) in [5.74, 6) is 0.652. The van der Waals surface area contributed by atoms with Crippen LogP contribution in [0.5, 0.6) is 0 Å². The van der Waals surface area contributed by atoms with Crippen molar-refractivity contribution in [2.75, 3.05) is 17.2 Å². The molecule has 7 heteroatoms. The first kappa shape index (κ1) is 13.1. The monoisotopic (exact) mass is 239 g/mol. The molecule has 94 valence electrons. The predicted octanol–water partition coefficient (Wildman–Crippen LogP) is 2.03. The van der Waals surface area contributed by atoms with Crippen LogP contribution in [0.3, 0.4) is 0 Å². The van der Waals surface area contributed by atoms with Crippen LogP contribution in [0.4, 0.5) is 17.5 Å². The molecule has 0 bridgehead atoms. The van der Waals surface area contributed by atoms with E-state index in [2.05, 4.69) is 20.6 Å². The molecule has 0 aliphatic heterocycles. The molecule has 0 saturated carbocycles. The third-order valence-corrected chi connectivity index (χ3v) is 1.92. The second-order valence-electron chi connectivity index (χ2n) is 3.91. The van der Waals surface area contributed by atoms with Crippen molar-refractivity contribution in [3.63, 3.8) is 0 Å². The molecule has 1 heterocycles. The molecule has 0 aromatic carbocycles. The molecule has 0 spiro atoms. The SMILES string of the molecule is CCCNc1ncc([N+](=O)[O-])c(NC(C)C)n1. The van der Waals surface area contributed by atoms with Gasteiger partial charge >= 0.3 is 5.69 Å². The molecule has 0 aliphatic rings. The zero-order valence-electron chi connectivity index (χ0n) is 10.2.